The first-order chi connectivity index (χ1) is 9.10. The first-order valence-corrected chi connectivity index (χ1v) is 6.67. The highest BCUT2D eigenvalue weighted by Gasteiger charge is 2.14. The molecule has 0 aliphatic heterocycles. The van der Waals surface area contributed by atoms with E-state index in [0.717, 1.165) is 6.42 Å². The number of hydrogen-bond acceptors (Lipinski definition) is 6. The molecule has 0 aromatic carbocycles. The second-order valence-corrected chi connectivity index (χ2v) is 4.44. The van der Waals surface area contributed by atoms with Gasteiger partial charge in [0.25, 0.3) is 0 Å². The summed E-state index contributed by atoms with van der Waals surface area (Å²) in [5.41, 5.74) is 0. The van der Waals surface area contributed by atoms with Gasteiger partial charge < -0.3 is 9.64 Å². The van der Waals surface area contributed by atoms with Crippen LogP contribution in [0.25, 0.3) is 0 Å². The molecule has 1 unspecified atom stereocenters. The highest BCUT2D eigenvalue weighted by Crippen LogP contribution is 2.16. The van der Waals surface area contributed by atoms with E-state index >= 15 is 0 Å². The predicted molar refractivity (Wildman–Crippen MR) is 73.3 cm³/mol. The third kappa shape index (κ3) is 4.87. The van der Waals surface area contributed by atoms with Gasteiger partial charge in [0.15, 0.2) is 0 Å². The van der Waals surface area contributed by atoms with Gasteiger partial charge in [-0.2, -0.15) is 20.2 Å². The zero-order valence-electron chi connectivity index (χ0n) is 11.4. The van der Waals surface area contributed by atoms with Crippen LogP contribution in [0, 0.1) is 17.2 Å². The van der Waals surface area contributed by atoms with E-state index in [1.54, 1.807) is 0 Å². The van der Waals surface area contributed by atoms with Gasteiger partial charge in [-0.15, -0.1) is 0 Å². The summed E-state index contributed by atoms with van der Waals surface area (Å²) in [5, 5.41) is 8.97. The fourth-order valence-corrected chi connectivity index (χ4v) is 1.59. The number of halogens is 1. The minimum absolute atomic E-state index is 0.0964. The van der Waals surface area contributed by atoms with Crippen molar-refractivity contribution in [3.8, 4) is 12.1 Å². The van der Waals surface area contributed by atoms with Crippen LogP contribution in [0.15, 0.2) is 0 Å². The summed E-state index contributed by atoms with van der Waals surface area (Å²) >= 11 is 5.87. The van der Waals surface area contributed by atoms with E-state index in [-0.39, 0.29) is 17.2 Å². The van der Waals surface area contributed by atoms with E-state index < -0.39 is 0 Å². The maximum absolute atomic E-state index is 8.87. The van der Waals surface area contributed by atoms with Crippen molar-refractivity contribution in [1.82, 2.24) is 15.0 Å². The summed E-state index contributed by atoms with van der Waals surface area (Å²) in [7, 11) is 0. The minimum Gasteiger partial charge on any atom is -0.463 e. The van der Waals surface area contributed by atoms with Crippen molar-refractivity contribution in [3.05, 3.63) is 5.28 Å². The zero-order chi connectivity index (χ0) is 14.3. The van der Waals surface area contributed by atoms with Crippen molar-refractivity contribution in [2.45, 2.75) is 27.2 Å². The van der Waals surface area contributed by atoms with Crippen molar-refractivity contribution in [1.29, 1.82) is 5.26 Å². The van der Waals surface area contributed by atoms with Crippen LogP contribution >= 0.6 is 11.6 Å². The SMILES string of the molecule is CCCOc1nc(Cl)nc(N(CC)CC(C)C#N)n1. The summed E-state index contributed by atoms with van der Waals surface area (Å²) in [6.45, 7) is 7.56. The summed E-state index contributed by atoms with van der Waals surface area (Å²) < 4.78 is 5.36. The van der Waals surface area contributed by atoms with Crippen molar-refractivity contribution < 1.29 is 4.74 Å². The van der Waals surface area contributed by atoms with Crippen LogP contribution in [0.1, 0.15) is 27.2 Å². The Morgan fingerprint density at radius 2 is 2.11 bits per heavy atom. The van der Waals surface area contributed by atoms with Gasteiger partial charge >= 0.3 is 6.01 Å². The van der Waals surface area contributed by atoms with Crippen LogP contribution < -0.4 is 9.64 Å². The number of nitriles is 1. The molecule has 0 N–H and O–H groups in total. The lowest BCUT2D eigenvalue weighted by Crippen LogP contribution is -2.29. The van der Waals surface area contributed by atoms with Gasteiger partial charge in [-0.05, 0) is 31.9 Å². The van der Waals surface area contributed by atoms with Crippen molar-refractivity contribution in [3.63, 3.8) is 0 Å². The first-order valence-electron chi connectivity index (χ1n) is 6.29. The van der Waals surface area contributed by atoms with Crippen LogP contribution in [-0.4, -0.2) is 34.6 Å². The predicted octanol–water partition coefficient (Wildman–Crippen LogP) is 2.30. The molecule has 0 aliphatic carbocycles. The van der Waals surface area contributed by atoms with E-state index in [1.165, 1.54) is 0 Å². The van der Waals surface area contributed by atoms with Gasteiger partial charge in [-0.25, -0.2) is 0 Å². The highest BCUT2D eigenvalue weighted by molar-refractivity contribution is 6.28. The Balaban J connectivity index is 2.90. The Bertz CT molecular complexity index is 448. The average molecular weight is 284 g/mol. The average Bonchev–Trinajstić information content (AvgIpc) is 2.41. The van der Waals surface area contributed by atoms with Crippen molar-refractivity contribution in [2.75, 3.05) is 24.6 Å². The van der Waals surface area contributed by atoms with E-state index in [9.17, 15) is 0 Å². The standard InChI is InChI=1S/C12H18ClN5O/c1-4-6-19-12-16-10(13)15-11(17-12)18(5-2)8-9(3)7-14/h9H,4-6,8H2,1-3H3. The molecule has 1 atom stereocenters. The molecular weight excluding hydrogens is 266 g/mol. The van der Waals surface area contributed by atoms with E-state index in [1.807, 2.05) is 25.7 Å². The molecule has 0 bridgehead atoms. The van der Waals surface area contributed by atoms with Crippen LogP contribution in [0.5, 0.6) is 6.01 Å². The molecule has 104 valence electrons. The Kier molecular flexibility index (Phi) is 6.30. The number of hydrogen-bond donors (Lipinski definition) is 0. The second-order valence-electron chi connectivity index (χ2n) is 4.10. The number of ether oxygens (including phenoxy) is 1. The quantitative estimate of drug-likeness (QED) is 0.764. The molecule has 0 saturated heterocycles. The van der Waals surface area contributed by atoms with E-state index in [0.29, 0.717) is 25.6 Å². The molecule has 6 nitrogen and oxygen atoms in total. The van der Waals surface area contributed by atoms with Gasteiger partial charge in [-0.1, -0.05) is 6.92 Å². The third-order valence-corrected chi connectivity index (χ3v) is 2.56. The lowest BCUT2D eigenvalue weighted by molar-refractivity contribution is 0.291. The summed E-state index contributed by atoms with van der Waals surface area (Å²) in [5.74, 6) is 0.325. The number of nitrogens with zero attached hydrogens (tertiary/aromatic N) is 5. The van der Waals surface area contributed by atoms with Crippen LogP contribution in [0.4, 0.5) is 5.95 Å². The smallest absolute Gasteiger partial charge is 0.322 e. The maximum Gasteiger partial charge on any atom is 0.322 e. The van der Waals surface area contributed by atoms with E-state index in [2.05, 4.69) is 21.0 Å². The molecule has 0 spiro atoms. The Morgan fingerprint density at radius 1 is 1.37 bits per heavy atom. The molecule has 19 heavy (non-hydrogen) atoms. The fourth-order valence-electron chi connectivity index (χ4n) is 1.44. The van der Waals surface area contributed by atoms with Gasteiger partial charge in [-0.3, -0.25) is 0 Å². The molecule has 0 aliphatic rings. The van der Waals surface area contributed by atoms with Gasteiger partial charge in [0.05, 0.1) is 18.6 Å². The molecular formula is C12H18ClN5O. The molecule has 1 aromatic rings. The van der Waals surface area contributed by atoms with E-state index in [4.69, 9.17) is 21.6 Å². The van der Waals surface area contributed by atoms with Crippen LogP contribution in [0.3, 0.4) is 0 Å². The van der Waals surface area contributed by atoms with Gasteiger partial charge in [0.1, 0.15) is 0 Å². The minimum atomic E-state index is -0.115. The molecule has 0 saturated carbocycles. The number of anilines is 1. The highest BCUT2D eigenvalue weighted by atomic mass is 35.5. The molecule has 1 heterocycles. The fraction of sp³-hybridized carbons (Fsp3) is 0.667. The van der Waals surface area contributed by atoms with Crippen LogP contribution in [-0.2, 0) is 0 Å². The lowest BCUT2D eigenvalue weighted by atomic mass is 10.2. The topological polar surface area (TPSA) is 74.9 Å². The molecule has 7 heteroatoms. The second kappa shape index (κ2) is 7.74. The third-order valence-electron chi connectivity index (χ3n) is 2.39. The number of rotatable bonds is 7. The van der Waals surface area contributed by atoms with Gasteiger partial charge in [0.2, 0.25) is 11.2 Å². The molecule has 0 radical (unpaired) electrons. The first kappa shape index (κ1) is 15.4. The van der Waals surface area contributed by atoms with Gasteiger partial charge in [0, 0.05) is 13.1 Å². The monoisotopic (exact) mass is 283 g/mol. The Labute approximate surface area is 118 Å². The summed E-state index contributed by atoms with van der Waals surface area (Å²) in [6, 6.07) is 2.41. The van der Waals surface area contributed by atoms with Crippen LogP contribution in [0.2, 0.25) is 5.28 Å². The van der Waals surface area contributed by atoms with Crippen molar-refractivity contribution in [2.24, 2.45) is 5.92 Å². The largest absolute Gasteiger partial charge is 0.463 e. The van der Waals surface area contributed by atoms with Crippen molar-refractivity contribution >= 4 is 17.5 Å². The molecule has 1 aromatic heterocycles. The molecule has 0 fully saturated rings. The zero-order valence-corrected chi connectivity index (χ0v) is 12.2. The summed E-state index contributed by atoms with van der Waals surface area (Å²) in [6.07, 6.45) is 0.863. The number of aromatic nitrogens is 3. The molecule has 1 rings (SSSR count). The Morgan fingerprint density at radius 3 is 2.68 bits per heavy atom. The summed E-state index contributed by atoms with van der Waals surface area (Å²) in [4.78, 5) is 14.1. The lowest BCUT2D eigenvalue weighted by Gasteiger charge is -2.21. The maximum atomic E-state index is 8.87. The molecule has 0 amide bonds. The Hall–Kier alpha value is -1.61. The normalized spacial score (nSPS) is 11.7.